The molecule has 0 bridgehead atoms. The van der Waals surface area contributed by atoms with E-state index < -0.39 is 34.1 Å². The van der Waals surface area contributed by atoms with Gasteiger partial charge in [0.25, 0.3) is 18.0 Å². The molecule has 1 rings (SSSR count). The summed E-state index contributed by atoms with van der Waals surface area (Å²) in [4.78, 5) is 23.9. The van der Waals surface area contributed by atoms with Crippen LogP contribution in [0.3, 0.4) is 0 Å². The number of carbonyl (C=O) groups excluding carboxylic acids is 1. The van der Waals surface area contributed by atoms with Crippen LogP contribution in [0.4, 0.5) is 14.5 Å². The Morgan fingerprint density at radius 3 is 2.56 bits per heavy atom. The summed E-state index contributed by atoms with van der Waals surface area (Å²) in [6.07, 6.45) is -2.49. The van der Waals surface area contributed by atoms with Crippen LogP contribution < -0.4 is 5.73 Å². The van der Waals surface area contributed by atoms with Gasteiger partial charge in [-0.1, -0.05) is 0 Å². The number of aromatic nitrogens is 1. The van der Waals surface area contributed by atoms with Gasteiger partial charge in [0.2, 0.25) is 0 Å². The number of nitro groups is 1. The first-order valence-corrected chi connectivity index (χ1v) is 4.84. The average Bonchev–Trinajstić information content (AvgIpc) is 2.15. The van der Waals surface area contributed by atoms with E-state index in [1.165, 1.54) is 22.6 Å². The molecule has 9 heteroatoms. The Morgan fingerprint density at radius 2 is 2.19 bits per heavy atom. The molecular weight excluding hydrogens is 339 g/mol. The second-order valence-electron chi connectivity index (χ2n) is 2.64. The number of nitrogens with two attached hydrogens (primary N) is 1. The van der Waals surface area contributed by atoms with E-state index in [1.54, 1.807) is 0 Å². The molecule has 1 aromatic rings. The summed E-state index contributed by atoms with van der Waals surface area (Å²) >= 11 is 1.51. The van der Waals surface area contributed by atoms with Gasteiger partial charge < -0.3 is 5.73 Å². The Hall–Kier alpha value is -1.39. The Morgan fingerprint density at radius 1 is 1.62 bits per heavy atom. The fraction of sp³-hybridized carbons (Fsp3) is 0.143. The monoisotopic (exact) mass is 343 g/mol. The number of rotatable bonds is 3. The normalized spacial score (nSPS) is 10.5. The average molecular weight is 343 g/mol. The van der Waals surface area contributed by atoms with E-state index in [0.29, 0.717) is 6.20 Å². The predicted molar refractivity (Wildman–Crippen MR) is 57.1 cm³/mol. The molecule has 0 aromatic carbocycles. The minimum Gasteiger partial charge on any atom is -0.366 e. The number of primary amides is 1. The van der Waals surface area contributed by atoms with Gasteiger partial charge in [0.05, 0.1) is 10.5 Å². The van der Waals surface area contributed by atoms with Crippen LogP contribution in [-0.4, -0.2) is 15.8 Å². The third kappa shape index (κ3) is 2.23. The molecule has 0 unspecified atom stereocenters. The van der Waals surface area contributed by atoms with Crippen LogP contribution >= 0.6 is 22.6 Å². The van der Waals surface area contributed by atoms with Gasteiger partial charge in [-0.05, 0) is 22.6 Å². The van der Waals surface area contributed by atoms with Crippen molar-refractivity contribution in [1.82, 2.24) is 4.98 Å². The highest BCUT2D eigenvalue weighted by atomic mass is 127. The number of carbonyl (C=O) groups is 1. The number of halogens is 3. The van der Waals surface area contributed by atoms with Crippen LogP contribution in [0.2, 0.25) is 0 Å². The van der Waals surface area contributed by atoms with E-state index in [0.717, 1.165) is 0 Å². The third-order valence-electron chi connectivity index (χ3n) is 1.71. The highest BCUT2D eigenvalue weighted by Gasteiger charge is 2.30. The van der Waals surface area contributed by atoms with E-state index in [9.17, 15) is 23.7 Å². The van der Waals surface area contributed by atoms with Gasteiger partial charge in [-0.15, -0.1) is 0 Å². The van der Waals surface area contributed by atoms with Crippen LogP contribution in [0.1, 0.15) is 22.3 Å². The molecule has 0 aliphatic heterocycles. The minimum absolute atomic E-state index is 0.0917. The number of nitrogens with zero attached hydrogens (tertiary/aromatic N) is 2. The van der Waals surface area contributed by atoms with Crippen molar-refractivity contribution in [2.45, 2.75) is 6.43 Å². The first kappa shape index (κ1) is 12.7. The lowest BCUT2D eigenvalue weighted by molar-refractivity contribution is -0.386. The van der Waals surface area contributed by atoms with E-state index in [-0.39, 0.29) is 3.70 Å². The summed E-state index contributed by atoms with van der Waals surface area (Å²) in [6.45, 7) is 0. The topological polar surface area (TPSA) is 99.1 Å². The lowest BCUT2D eigenvalue weighted by atomic mass is 10.1. The molecule has 0 atom stereocenters. The standard InChI is InChI=1S/C7H4F2IN3O3/c8-5(9)3-2(13(15)16)1-12-6(10)4(3)7(11)14/h1,5H,(H2,11,14). The van der Waals surface area contributed by atoms with Gasteiger partial charge in [-0.3, -0.25) is 14.9 Å². The zero-order valence-corrected chi connectivity index (χ0v) is 9.64. The summed E-state index contributed by atoms with van der Waals surface area (Å²) in [5.74, 6) is -1.17. The largest absolute Gasteiger partial charge is 0.366 e. The zero-order chi connectivity index (χ0) is 12.5. The molecule has 1 amide bonds. The van der Waals surface area contributed by atoms with E-state index >= 15 is 0 Å². The van der Waals surface area contributed by atoms with Crippen molar-refractivity contribution in [3.63, 3.8) is 0 Å². The predicted octanol–water partition coefficient (Wildman–Crippen LogP) is 1.63. The molecule has 1 aromatic heterocycles. The summed E-state index contributed by atoms with van der Waals surface area (Å²) < 4.78 is 25.2. The summed E-state index contributed by atoms with van der Waals surface area (Å²) in [7, 11) is 0. The number of alkyl halides is 2. The first-order chi connectivity index (χ1) is 7.36. The molecule has 0 saturated heterocycles. The van der Waals surface area contributed by atoms with E-state index in [2.05, 4.69) is 4.98 Å². The zero-order valence-electron chi connectivity index (χ0n) is 7.49. The number of hydrogen-bond acceptors (Lipinski definition) is 4. The van der Waals surface area contributed by atoms with Crippen molar-refractivity contribution in [3.05, 3.63) is 31.1 Å². The Labute approximate surface area is 101 Å². The lowest BCUT2D eigenvalue weighted by Crippen LogP contribution is -2.18. The minimum atomic E-state index is -3.17. The Kier molecular flexibility index (Phi) is 3.67. The Bertz CT molecular complexity index is 466. The lowest BCUT2D eigenvalue weighted by Gasteiger charge is -2.07. The summed E-state index contributed by atoms with van der Waals surface area (Å²) in [5, 5.41) is 10.5. The second kappa shape index (κ2) is 4.63. The molecule has 0 aliphatic rings. The van der Waals surface area contributed by atoms with Crippen LogP contribution in [0, 0.1) is 13.8 Å². The van der Waals surface area contributed by atoms with Crippen LogP contribution in [-0.2, 0) is 0 Å². The Balaban J connectivity index is 3.63. The van der Waals surface area contributed by atoms with Crippen molar-refractivity contribution >= 4 is 34.2 Å². The smallest absolute Gasteiger partial charge is 0.297 e. The molecule has 6 nitrogen and oxygen atoms in total. The third-order valence-corrected chi connectivity index (χ3v) is 2.53. The van der Waals surface area contributed by atoms with Crippen molar-refractivity contribution < 1.29 is 18.5 Å². The number of hydrogen-bond donors (Lipinski definition) is 1. The maximum absolute atomic E-state index is 12.6. The quantitative estimate of drug-likeness (QED) is 0.390. The molecule has 0 radical (unpaired) electrons. The molecule has 0 aliphatic carbocycles. The van der Waals surface area contributed by atoms with Gasteiger partial charge in [0, 0.05) is 0 Å². The molecule has 86 valence electrons. The van der Waals surface area contributed by atoms with Crippen LogP contribution in [0.5, 0.6) is 0 Å². The molecule has 1 heterocycles. The van der Waals surface area contributed by atoms with Gasteiger partial charge in [0.15, 0.2) is 0 Å². The molecule has 2 N–H and O–H groups in total. The number of amides is 1. The highest BCUT2D eigenvalue weighted by molar-refractivity contribution is 14.1. The van der Waals surface area contributed by atoms with Crippen LogP contribution in [0.25, 0.3) is 0 Å². The highest BCUT2D eigenvalue weighted by Crippen LogP contribution is 2.33. The van der Waals surface area contributed by atoms with Gasteiger partial charge in [0.1, 0.15) is 15.5 Å². The van der Waals surface area contributed by atoms with Crippen molar-refractivity contribution in [3.8, 4) is 0 Å². The molecular formula is C7H4F2IN3O3. The summed E-state index contributed by atoms with van der Waals surface area (Å²) in [5.41, 5.74) is 2.37. The fourth-order valence-corrected chi connectivity index (χ4v) is 1.79. The molecule has 0 fully saturated rings. The molecule has 0 saturated carbocycles. The fourth-order valence-electron chi connectivity index (χ4n) is 1.09. The number of pyridine rings is 1. The maximum Gasteiger partial charge on any atom is 0.297 e. The first-order valence-electron chi connectivity index (χ1n) is 3.77. The van der Waals surface area contributed by atoms with Crippen LogP contribution in [0.15, 0.2) is 6.20 Å². The van der Waals surface area contributed by atoms with Gasteiger partial charge in [-0.2, -0.15) is 0 Å². The SMILES string of the molecule is NC(=O)c1c(I)ncc([N+](=O)[O-])c1C(F)F. The summed E-state index contributed by atoms with van der Waals surface area (Å²) in [6, 6.07) is 0. The van der Waals surface area contributed by atoms with E-state index in [1.807, 2.05) is 0 Å². The van der Waals surface area contributed by atoms with Gasteiger partial charge >= 0.3 is 0 Å². The molecule has 0 spiro atoms. The van der Waals surface area contributed by atoms with Crippen molar-refractivity contribution in [2.75, 3.05) is 0 Å². The van der Waals surface area contributed by atoms with E-state index in [4.69, 9.17) is 5.73 Å². The maximum atomic E-state index is 12.6. The molecule has 16 heavy (non-hydrogen) atoms. The van der Waals surface area contributed by atoms with Crippen molar-refractivity contribution in [2.24, 2.45) is 5.73 Å². The van der Waals surface area contributed by atoms with Crippen molar-refractivity contribution in [1.29, 1.82) is 0 Å². The van der Waals surface area contributed by atoms with Gasteiger partial charge in [-0.25, -0.2) is 13.8 Å². The second-order valence-corrected chi connectivity index (χ2v) is 3.67.